The Balaban J connectivity index is 1.36. The van der Waals surface area contributed by atoms with Crippen LogP contribution in [-0.4, -0.2) is 74.6 Å². The molecule has 0 aliphatic carbocycles. The summed E-state index contributed by atoms with van der Waals surface area (Å²) in [7, 11) is -7.11. The van der Waals surface area contributed by atoms with E-state index in [0.717, 1.165) is 12.8 Å². The molecule has 0 spiro atoms. The van der Waals surface area contributed by atoms with E-state index in [0.29, 0.717) is 51.6 Å². The maximum Gasteiger partial charge on any atom is 0.276 e. The van der Waals surface area contributed by atoms with Gasteiger partial charge < -0.3 is 4.42 Å². The maximum atomic E-state index is 12.7. The zero-order chi connectivity index (χ0) is 20.5. The predicted octanol–water partition coefficient (Wildman–Crippen LogP) is 0.966. The van der Waals surface area contributed by atoms with Crippen molar-refractivity contribution in [3.63, 3.8) is 0 Å². The monoisotopic (exact) mass is 440 g/mol. The summed E-state index contributed by atoms with van der Waals surface area (Å²) in [6.07, 6.45) is 4.64. The van der Waals surface area contributed by atoms with E-state index in [-0.39, 0.29) is 9.99 Å². The molecule has 2 fully saturated rings. The van der Waals surface area contributed by atoms with Crippen LogP contribution in [0.2, 0.25) is 0 Å². The highest BCUT2D eigenvalue weighted by molar-refractivity contribution is 7.89. The van der Waals surface area contributed by atoms with Gasteiger partial charge in [-0.15, -0.1) is 0 Å². The molecule has 0 saturated carbocycles. The summed E-state index contributed by atoms with van der Waals surface area (Å²) < 4.78 is 59.0. The van der Waals surface area contributed by atoms with Gasteiger partial charge in [-0.05, 0) is 37.1 Å². The lowest BCUT2D eigenvalue weighted by Crippen LogP contribution is -2.48. The largest absolute Gasteiger partial charge is 0.447 e. The molecule has 4 rings (SSSR count). The van der Waals surface area contributed by atoms with Gasteiger partial charge in [0, 0.05) is 51.7 Å². The molecule has 2 saturated heterocycles. The fourth-order valence-electron chi connectivity index (χ4n) is 3.63. The number of hydrogen-bond donors (Lipinski definition) is 0. The first-order valence-electron chi connectivity index (χ1n) is 9.59. The number of rotatable bonds is 6. The summed E-state index contributed by atoms with van der Waals surface area (Å²) in [4.78, 5) is 6.13. The van der Waals surface area contributed by atoms with Crippen molar-refractivity contribution in [2.75, 3.05) is 39.3 Å². The van der Waals surface area contributed by atoms with Gasteiger partial charge >= 0.3 is 0 Å². The van der Waals surface area contributed by atoms with Crippen LogP contribution in [0.25, 0.3) is 0 Å². The van der Waals surface area contributed by atoms with Crippen molar-refractivity contribution in [1.29, 1.82) is 0 Å². The molecular weight excluding hydrogens is 416 g/mol. The van der Waals surface area contributed by atoms with Crippen LogP contribution in [0.4, 0.5) is 0 Å². The van der Waals surface area contributed by atoms with Gasteiger partial charge in [0.15, 0.2) is 0 Å². The number of furan rings is 1. The Labute approximate surface area is 171 Å². The Kier molecular flexibility index (Phi) is 5.76. The Bertz CT molecular complexity index is 1040. The van der Waals surface area contributed by atoms with Crippen LogP contribution < -0.4 is 0 Å². The van der Waals surface area contributed by atoms with Crippen molar-refractivity contribution in [1.82, 2.24) is 18.5 Å². The number of nitrogens with zero attached hydrogens (tertiary/aromatic N) is 4. The molecule has 0 unspecified atom stereocenters. The second-order valence-electron chi connectivity index (χ2n) is 7.20. The molecule has 4 heterocycles. The van der Waals surface area contributed by atoms with E-state index >= 15 is 0 Å². The maximum absolute atomic E-state index is 12.7. The van der Waals surface area contributed by atoms with Crippen molar-refractivity contribution >= 4 is 20.0 Å². The van der Waals surface area contributed by atoms with E-state index in [2.05, 4.69) is 9.88 Å². The standard InChI is InChI=1S/C18H24N4O5S2/c23-28(24,17-4-3-7-19-14-17)22-12-10-20(11-13-22)15-16-5-6-18(27-16)29(25,26)21-8-1-2-9-21/h3-7,14H,1-2,8-13,15H2. The van der Waals surface area contributed by atoms with Crippen LogP contribution in [-0.2, 0) is 26.6 Å². The van der Waals surface area contributed by atoms with E-state index in [1.807, 2.05) is 0 Å². The van der Waals surface area contributed by atoms with Gasteiger partial charge in [0.05, 0.1) is 6.54 Å². The third kappa shape index (κ3) is 4.24. The average Bonchev–Trinajstić information content (AvgIpc) is 3.42. The summed E-state index contributed by atoms with van der Waals surface area (Å²) in [6, 6.07) is 6.33. The summed E-state index contributed by atoms with van der Waals surface area (Å²) in [6.45, 7) is 3.30. The van der Waals surface area contributed by atoms with Gasteiger partial charge in [0.2, 0.25) is 15.1 Å². The topological polar surface area (TPSA) is 104 Å². The Morgan fingerprint density at radius 1 is 0.862 bits per heavy atom. The predicted molar refractivity (Wildman–Crippen MR) is 105 cm³/mol. The van der Waals surface area contributed by atoms with Crippen LogP contribution in [0.5, 0.6) is 0 Å². The molecular formula is C18H24N4O5S2. The molecule has 11 heteroatoms. The lowest BCUT2D eigenvalue weighted by molar-refractivity contribution is 0.168. The number of sulfonamides is 2. The summed E-state index contributed by atoms with van der Waals surface area (Å²) in [5.74, 6) is 0.561. The van der Waals surface area contributed by atoms with Crippen molar-refractivity contribution in [2.45, 2.75) is 29.4 Å². The van der Waals surface area contributed by atoms with E-state index in [1.54, 1.807) is 24.4 Å². The zero-order valence-corrected chi connectivity index (χ0v) is 17.6. The van der Waals surface area contributed by atoms with Gasteiger partial charge in [0.25, 0.3) is 10.0 Å². The summed E-state index contributed by atoms with van der Waals surface area (Å²) >= 11 is 0. The Morgan fingerprint density at radius 2 is 1.55 bits per heavy atom. The molecule has 0 bridgehead atoms. The molecule has 2 aliphatic rings. The lowest BCUT2D eigenvalue weighted by Gasteiger charge is -2.33. The highest BCUT2D eigenvalue weighted by Gasteiger charge is 2.31. The second kappa shape index (κ2) is 8.15. The van der Waals surface area contributed by atoms with Gasteiger partial charge in [-0.3, -0.25) is 9.88 Å². The fourth-order valence-corrected chi connectivity index (χ4v) is 6.47. The first-order valence-corrected chi connectivity index (χ1v) is 12.5. The van der Waals surface area contributed by atoms with Crippen LogP contribution >= 0.6 is 0 Å². The number of pyridine rings is 1. The Hall–Kier alpha value is -1.79. The molecule has 158 valence electrons. The molecule has 2 aromatic rings. The lowest BCUT2D eigenvalue weighted by atomic mass is 10.3. The molecule has 9 nitrogen and oxygen atoms in total. The highest BCUT2D eigenvalue weighted by Crippen LogP contribution is 2.24. The SMILES string of the molecule is O=S(=O)(c1cccnc1)N1CCN(Cc2ccc(S(=O)(=O)N3CCCC3)o2)CC1. The average molecular weight is 441 g/mol. The minimum Gasteiger partial charge on any atom is -0.447 e. The van der Waals surface area contributed by atoms with Gasteiger partial charge in [-0.1, -0.05) is 0 Å². The molecule has 0 N–H and O–H groups in total. The number of aromatic nitrogens is 1. The zero-order valence-electron chi connectivity index (χ0n) is 16.0. The molecule has 29 heavy (non-hydrogen) atoms. The van der Waals surface area contributed by atoms with Gasteiger partial charge in [-0.25, -0.2) is 16.8 Å². The van der Waals surface area contributed by atoms with Crippen molar-refractivity contribution in [3.05, 3.63) is 42.4 Å². The van der Waals surface area contributed by atoms with Gasteiger partial charge in [-0.2, -0.15) is 8.61 Å². The second-order valence-corrected chi connectivity index (χ2v) is 11.0. The number of hydrogen-bond acceptors (Lipinski definition) is 7. The third-order valence-electron chi connectivity index (χ3n) is 5.28. The Morgan fingerprint density at radius 3 is 2.21 bits per heavy atom. The van der Waals surface area contributed by atoms with E-state index in [4.69, 9.17) is 4.42 Å². The smallest absolute Gasteiger partial charge is 0.276 e. The summed E-state index contributed by atoms with van der Waals surface area (Å²) in [5, 5.41) is -0.0211. The molecule has 0 radical (unpaired) electrons. The highest BCUT2D eigenvalue weighted by atomic mass is 32.2. The molecule has 0 atom stereocenters. The van der Waals surface area contributed by atoms with E-state index < -0.39 is 20.0 Å². The number of piperazine rings is 1. The normalized spacial score (nSPS) is 20.3. The first-order chi connectivity index (χ1) is 13.9. The van der Waals surface area contributed by atoms with Crippen LogP contribution in [0.3, 0.4) is 0 Å². The van der Waals surface area contributed by atoms with Crippen molar-refractivity contribution < 1.29 is 21.3 Å². The molecule has 2 aromatic heterocycles. The quantitative estimate of drug-likeness (QED) is 0.659. The van der Waals surface area contributed by atoms with Crippen LogP contribution in [0.1, 0.15) is 18.6 Å². The van der Waals surface area contributed by atoms with E-state index in [9.17, 15) is 16.8 Å². The molecule has 0 amide bonds. The third-order valence-corrected chi connectivity index (χ3v) is 8.93. The van der Waals surface area contributed by atoms with Crippen molar-refractivity contribution in [2.24, 2.45) is 0 Å². The minimum atomic E-state index is -3.56. The van der Waals surface area contributed by atoms with Crippen LogP contribution in [0.15, 0.2) is 51.1 Å². The van der Waals surface area contributed by atoms with Crippen molar-refractivity contribution in [3.8, 4) is 0 Å². The first kappa shape index (κ1) is 20.5. The summed E-state index contributed by atoms with van der Waals surface area (Å²) in [5.41, 5.74) is 0. The molecule has 0 aromatic carbocycles. The van der Waals surface area contributed by atoms with E-state index in [1.165, 1.54) is 20.9 Å². The fraction of sp³-hybridized carbons (Fsp3) is 0.500. The molecule has 2 aliphatic heterocycles. The van der Waals surface area contributed by atoms with Gasteiger partial charge in [0.1, 0.15) is 10.7 Å². The van der Waals surface area contributed by atoms with Crippen LogP contribution in [0, 0.1) is 0 Å². The minimum absolute atomic E-state index is 0.0211.